The van der Waals surface area contributed by atoms with Crippen LogP contribution in [0.2, 0.25) is 0 Å². The monoisotopic (exact) mass is 246 g/mol. The summed E-state index contributed by atoms with van der Waals surface area (Å²) >= 11 is 0. The van der Waals surface area contributed by atoms with E-state index in [1.165, 1.54) is 5.56 Å². The minimum atomic E-state index is 0.134. The number of ketones is 1. The number of Topliss-reactive ketones (excluding diaryl/α,β-unsaturated/α-hetero) is 1. The van der Waals surface area contributed by atoms with Gasteiger partial charge < -0.3 is 0 Å². The minimum Gasteiger partial charge on any atom is -0.294 e. The van der Waals surface area contributed by atoms with Gasteiger partial charge in [0.05, 0.1) is 0 Å². The Hall–Kier alpha value is -1.11. The average Bonchev–Trinajstić information content (AvgIpc) is 2.13. The molecule has 0 saturated heterocycles. The third-order valence-corrected chi connectivity index (χ3v) is 3.27. The summed E-state index contributed by atoms with van der Waals surface area (Å²) in [5, 5.41) is 0. The van der Waals surface area contributed by atoms with Crippen LogP contribution in [0.25, 0.3) is 0 Å². The van der Waals surface area contributed by atoms with Crippen molar-refractivity contribution in [2.24, 2.45) is 5.92 Å². The summed E-state index contributed by atoms with van der Waals surface area (Å²) in [5.41, 5.74) is 4.60. The Morgan fingerprint density at radius 2 is 1.56 bits per heavy atom. The van der Waals surface area contributed by atoms with Crippen molar-refractivity contribution in [1.29, 1.82) is 0 Å². The molecule has 100 valence electrons. The summed E-state index contributed by atoms with van der Waals surface area (Å²) < 4.78 is 0. The number of hydrogen-bond donors (Lipinski definition) is 0. The zero-order chi connectivity index (χ0) is 14.1. The Morgan fingerprint density at radius 1 is 1.11 bits per heavy atom. The highest BCUT2D eigenvalue weighted by Crippen LogP contribution is 2.27. The summed E-state index contributed by atoms with van der Waals surface area (Å²) in [6, 6.07) is 4.33. The molecule has 0 amide bonds. The standard InChI is InChI=1S/C17H26O/c1-11(2)8-15(18)16-12(3)9-14(10-13(16)4)17(5,6)7/h9-11H,8H2,1-7H3. The summed E-state index contributed by atoms with van der Waals surface area (Å²) in [7, 11) is 0. The van der Waals surface area contributed by atoms with Gasteiger partial charge in [-0.15, -0.1) is 0 Å². The molecule has 0 unspecified atom stereocenters. The molecule has 0 heterocycles. The van der Waals surface area contributed by atoms with E-state index >= 15 is 0 Å². The predicted octanol–water partition coefficient (Wildman–Crippen LogP) is 4.83. The molecule has 0 fully saturated rings. The summed E-state index contributed by atoms with van der Waals surface area (Å²) in [6.45, 7) is 14.9. The smallest absolute Gasteiger partial charge is 0.163 e. The Balaban J connectivity index is 3.21. The number of rotatable bonds is 3. The molecule has 18 heavy (non-hydrogen) atoms. The van der Waals surface area contributed by atoms with E-state index in [9.17, 15) is 4.79 Å². The second kappa shape index (κ2) is 5.26. The SMILES string of the molecule is Cc1cc(C(C)(C)C)cc(C)c1C(=O)CC(C)C. The van der Waals surface area contributed by atoms with Crippen LogP contribution in [-0.4, -0.2) is 5.78 Å². The number of hydrogen-bond acceptors (Lipinski definition) is 1. The van der Waals surface area contributed by atoms with Crippen molar-refractivity contribution in [2.45, 2.75) is 60.3 Å². The van der Waals surface area contributed by atoms with Crippen molar-refractivity contribution in [1.82, 2.24) is 0 Å². The Labute approximate surface area is 112 Å². The van der Waals surface area contributed by atoms with Crippen molar-refractivity contribution in [3.8, 4) is 0 Å². The lowest BCUT2D eigenvalue weighted by Crippen LogP contribution is -2.14. The van der Waals surface area contributed by atoms with Crippen LogP contribution < -0.4 is 0 Å². The summed E-state index contributed by atoms with van der Waals surface area (Å²) in [4.78, 5) is 12.3. The molecule has 1 nitrogen and oxygen atoms in total. The van der Waals surface area contributed by atoms with Crippen LogP contribution >= 0.6 is 0 Å². The molecular formula is C17H26O. The van der Waals surface area contributed by atoms with Gasteiger partial charge in [0.2, 0.25) is 0 Å². The largest absolute Gasteiger partial charge is 0.294 e. The molecule has 0 aliphatic heterocycles. The maximum absolute atomic E-state index is 12.3. The van der Waals surface area contributed by atoms with Crippen LogP contribution in [0.1, 0.15) is 68.1 Å². The average molecular weight is 246 g/mol. The van der Waals surface area contributed by atoms with Gasteiger partial charge in [-0.2, -0.15) is 0 Å². The molecule has 0 spiro atoms. The van der Waals surface area contributed by atoms with Crippen molar-refractivity contribution < 1.29 is 4.79 Å². The maximum atomic E-state index is 12.3. The lowest BCUT2D eigenvalue weighted by atomic mass is 9.82. The second-order valence-electron chi connectivity index (χ2n) is 6.76. The van der Waals surface area contributed by atoms with Gasteiger partial charge >= 0.3 is 0 Å². The van der Waals surface area contributed by atoms with E-state index in [2.05, 4.69) is 60.6 Å². The fraction of sp³-hybridized carbons (Fsp3) is 0.588. The molecule has 0 bridgehead atoms. The van der Waals surface area contributed by atoms with E-state index < -0.39 is 0 Å². The van der Waals surface area contributed by atoms with Crippen LogP contribution in [0, 0.1) is 19.8 Å². The molecule has 0 atom stereocenters. The van der Waals surface area contributed by atoms with E-state index in [-0.39, 0.29) is 11.2 Å². The molecule has 0 aromatic heterocycles. The van der Waals surface area contributed by atoms with Gasteiger partial charge in [-0.3, -0.25) is 4.79 Å². The number of carbonyl (C=O) groups excluding carboxylic acids is 1. The molecule has 1 rings (SSSR count). The van der Waals surface area contributed by atoms with Crippen LogP contribution in [0.3, 0.4) is 0 Å². The van der Waals surface area contributed by atoms with E-state index in [4.69, 9.17) is 0 Å². The van der Waals surface area contributed by atoms with Gasteiger partial charge in [-0.05, 0) is 41.9 Å². The summed E-state index contributed by atoms with van der Waals surface area (Å²) in [6.07, 6.45) is 0.635. The molecular weight excluding hydrogens is 220 g/mol. The van der Waals surface area contributed by atoms with Gasteiger partial charge in [0, 0.05) is 12.0 Å². The molecule has 0 aliphatic rings. The molecule has 0 radical (unpaired) electrons. The predicted molar refractivity (Wildman–Crippen MR) is 78.4 cm³/mol. The van der Waals surface area contributed by atoms with Gasteiger partial charge in [-0.25, -0.2) is 0 Å². The fourth-order valence-corrected chi connectivity index (χ4v) is 2.31. The second-order valence-corrected chi connectivity index (χ2v) is 6.76. The minimum absolute atomic E-state index is 0.134. The molecule has 1 aromatic carbocycles. The number of carbonyl (C=O) groups is 1. The highest BCUT2D eigenvalue weighted by atomic mass is 16.1. The van der Waals surface area contributed by atoms with Crippen molar-refractivity contribution >= 4 is 5.78 Å². The maximum Gasteiger partial charge on any atom is 0.163 e. The van der Waals surface area contributed by atoms with Crippen LogP contribution in [-0.2, 0) is 5.41 Å². The van der Waals surface area contributed by atoms with E-state index in [1.807, 2.05) is 0 Å². The first-order chi connectivity index (χ1) is 8.12. The molecule has 1 aromatic rings. The van der Waals surface area contributed by atoms with Gasteiger partial charge in [-0.1, -0.05) is 46.8 Å². The van der Waals surface area contributed by atoms with Crippen LogP contribution in [0.4, 0.5) is 0 Å². The quantitative estimate of drug-likeness (QED) is 0.698. The number of aryl methyl sites for hydroxylation is 2. The fourth-order valence-electron chi connectivity index (χ4n) is 2.31. The van der Waals surface area contributed by atoms with E-state index in [0.717, 1.165) is 16.7 Å². The Bertz CT molecular complexity index is 424. The van der Waals surface area contributed by atoms with Crippen molar-refractivity contribution in [3.63, 3.8) is 0 Å². The lowest BCUT2D eigenvalue weighted by molar-refractivity contribution is 0.0966. The highest BCUT2D eigenvalue weighted by molar-refractivity contribution is 5.99. The topological polar surface area (TPSA) is 17.1 Å². The zero-order valence-corrected chi connectivity index (χ0v) is 12.8. The van der Waals surface area contributed by atoms with Gasteiger partial charge in [0.1, 0.15) is 0 Å². The first kappa shape index (κ1) is 14.9. The molecule has 1 heteroatoms. The summed E-state index contributed by atoms with van der Waals surface area (Å²) in [5.74, 6) is 0.694. The Kier molecular flexibility index (Phi) is 4.37. The number of benzene rings is 1. The molecule has 0 aliphatic carbocycles. The van der Waals surface area contributed by atoms with E-state index in [0.29, 0.717) is 12.3 Å². The third kappa shape index (κ3) is 3.44. The van der Waals surface area contributed by atoms with E-state index in [1.54, 1.807) is 0 Å². The third-order valence-electron chi connectivity index (χ3n) is 3.27. The normalized spacial score (nSPS) is 12.0. The Morgan fingerprint density at radius 3 is 1.89 bits per heavy atom. The molecule has 0 N–H and O–H groups in total. The van der Waals surface area contributed by atoms with Crippen LogP contribution in [0.5, 0.6) is 0 Å². The molecule has 0 saturated carbocycles. The lowest BCUT2D eigenvalue weighted by Gasteiger charge is -2.22. The van der Waals surface area contributed by atoms with Crippen LogP contribution in [0.15, 0.2) is 12.1 Å². The first-order valence-electron chi connectivity index (χ1n) is 6.78. The first-order valence-corrected chi connectivity index (χ1v) is 6.78. The van der Waals surface area contributed by atoms with Crippen molar-refractivity contribution in [2.75, 3.05) is 0 Å². The van der Waals surface area contributed by atoms with Crippen molar-refractivity contribution in [3.05, 3.63) is 34.4 Å². The zero-order valence-electron chi connectivity index (χ0n) is 12.8. The highest BCUT2D eigenvalue weighted by Gasteiger charge is 2.19. The van der Waals surface area contributed by atoms with Gasteiger partial charge in [0.25, 0.3) is 0 Å². The van der Waals surface area contributed by atoms with Gasteiger partial charge in [0.15, 0.2) is 5.78 Å².